The van der Waals surface area contributed by atoms with Gasteiger partial charge >= 0.3 is 5.97 Å². The number of Topliss-reactive ketones (excluding diaryl/α,β-unsaturated/α-hetero) is 1. The highest BCUT2D eigenvalue weighted by Gasteiger charge is 2.39. The Bertz CT molecular complexity index is 587. The third kappa shape index (κ3) is 9.36. The van der Waals surface area contributed by atoms with Crippen LogP contribution >= 0.6 is 11.6 Å². The zero-order valence-corrected chi connectivity index (χ0v) is 16.9. The summed E-state index contributed by atoms with van der Waals surface area (Å²) in [6.45, 7) is 3.48. The van der Waals surface area contributed by atoms with E-state index in [1.807, 2.05) is 18.2 Å². The predicted octanol–water partition coefficient (Wildman–Crippen LogP) is 3.98. The summed E-state index contributed by atoms with van der Waals surface area (Å²) in [5.41, 5.74) is -1.04. The second-order valence-electron chi connectivity index (χ2n) is 7.46. The van der Waals surface area contributed by atoms with E-state index < -0.39 is 17.7 Å². The zero-order chi connectivity index (χ0) is 20.4. The van der Waals surface area contributed by atoms with Crippen LogP contribution in [0.4, 0.5) is 0 Å². The van der Waals surface area contributed by atoms with E-state index in [-0.39, 0.29) is 30.5 Å². The molecule has 152 valence electrons. The van der Waals surface area contributed by atoms with Crippen LogP contribution in [0.3, 0.4) is 0 Å². The molecule has 27 heavy (non-hydrogen) atoms. The minimum atomic E-state index is -1.04. The lowest BCUT2D eigenvalue weighted by molar-refractivity contribution is -0.137. The molecule has 1 aliphatic rings. The Labute approximate surface area is 166 Å². The Kier molecular flexibility index (Phi) is 9.99. The maximum atomic E-state index is 12.2. The van der Waals surface area contributed by atoms with Crippen LogP contribution in [-0.4, -0.2) is 38.8 Å². The summed E-state index contributed by atoms with van der Waals surface area (Å²) in [5.74, 6) is -1.43. The van der Waals surface area contributed by atoms with Crippen molar-refractivity contribution >= 4 is 23.4 Å². The first kappa shape index (κ1) is 23.6. The van der Waals surface area contributed by atoms with E-state index in [9.17, 15) is 19.8 Å². The molecule has 0 aromatic heterocycles. The van der Waals surface area contributed by atoms with E-state index in [1.165, 1.54) is 0 Å². The van der Waals surface area contributed by atoms with Crippen LogP contribution in [-0.2, 0) is 9.59 Å². The molecule has 5 nitrogen and oxygen atoms in total. The van der Waals surface area contributed by atoms with Crippen molar-refractivity contribution in [1.82, 2.24) is 0 Å². The van der Waals surface area contributed by atoms with Crippen LogP contribution in [0.1, 0.15) is 58.8 Å². The normalized spacial score (nSPS) is 26.2. The lowest BCUT2D eigenvalue weighted by Crippen LogP contribution is -2.23. The van der Waals surface area contributed by atoms with Gasteiger partial charge in [-0.1, -0.05) is 42.0 Å². The fourth-order valence-electron chi connectivity index (χ4n) is 3.22. The van der Waals surface area contributed by atoms with E-state index >= 15 is 0 Å². The van der Waals surface area contributed by atoms with Crippen LogP contribution in [0.25, 0.3) is 0 Å². The molecule has 4 atom stereocenters. The number of hydrogen-bond donors (Lipinski definition) is 3. The first-order valence-electron chi connectivity index (χ1n) is 9.44. The summed E-state index contributed by atoms with van der Waals surface area (Å²) in [6.07, 6.45) is 11.4. The topological polar surface area (TPSA) is 94.8 Å². The van der Waals surface area contributed by atoms with Crippen molar-refractivity contribution in [2.75, 3.05) is 0 Å². The molecule has 0 amide bonds. The summed E-state index contributed by atoms with van der Waals surface area (Å²) >= 11 is 5.79. The fraction of sp³-hybridized carbons (Fsp3) is 0.619. The van der Waals surface area contributed by atoms with Gasteiger partial charge in [0, 0.05) is 29.7 Å². The molecule has 1 aliphatic carbocycles. The largest absolute Gasteiger partial charge is 0.481 e. The number of hydrogen-bond acceptors (Lipinski definition) is 4. The SMILES string of the molecule is C/C(Cl)=C/CCC(C)(O)/C=C/[C@H]1C(O)CC(=O)[C@@H]1C/C=C\CCCC(=O)O. The Balaban J connectivity index is 2.62. The minimum Gasteiger partial charge on any atom is -0.481 e. The van der Waals surface area contributed by atoms with Crippen LogP contribution in [0.15, 0.2) is 35.4 Å². The zero-order valence-electron chi connectivity index (χ0n) is 16.1. The fourth-order valence-corrected chi connectivity index (χ4v) is 3.33. The predicted molar refractivity (Wildman–Crippen MR) is 106 cm³/mol. The van der Waals surface area contributed by atoms with E-state index in [4.69, 9.17) is 16.7 Å². The number of allylic oxidation sites excluding steroid dienone is 4. The molecule has 0 saturated heterocycles. The Morgan fingerprint density at radius 2 is 2.04 bits per heavy atom. The molecule has 0 bridgehead atoms. The average molecular weight is 399 g/mol. The summed E-state index contributed by atoms with van der Waals surface area (Å²) in [5, 5.41) is 30.0. The molecule has 6 heteroatoms. The first-order valence-corrected chi connectivity index (χ1v) is 9.82. The van der Waals surface area contributed by atoms with Gasteiger partial charge in [-0.15, -0.1) is 0 Å². The quantitative estimate of drug-likeness (QED) is 0.361. The van der Waals surface area contributed by atoms with Gasteiger partial charge in [0.25, 0.3) is 0 Å². The number of carbonyl (C=O) groups excluding carboxylic acids is 1. The van der Waals surface area contributed by atoms with E-state index in [0.29, 0.717) is 37.1 Å². The first-order chi connectivity index (χ1) is 12.6. The van der Waals surface area contributed by atoms with Gasteiger partial charge in [-0.3, -0.25) is 9.59 Å². The van der Waals surface area contributed by atoms with Gasteiger partial charge in [0.05, 0.1) is 11.7 Å². The standard InChI is InChI=1S/C21H31ClO5/c1-15(22)8-7-12-21(2,27)13-11-17-16(18(23)14-19(17)24)9-5-3-4-6-10-20(25)26/h3,5,8,11,13,16-17,19,24,27H,4,6-7,9-10,12,14H2,1-2H3,(H,25,26)/b5-3-,13-11+,15-8-/t16-,17-,19?,21?/m1/s1. The van der Waals surface area contributed by atoms with Gasteiger partial charge in [0.2, 0.25) is 0 Å². The number of aliphatic carboxylic acids is 1. The second kappa shape index (κ2) is 11.4. The van der Waals surface area contributed by atoms with Crippen LogP contribution in [0.5, 0.6) is 0 Å². The van der Waals surface area contributed by atoms with Crippen LogP contribution in [0, 0.1) is 11.8 Å². The number of halogens is 1. The lowest BCUT2D eigenvalue weighted by Gasteiger charge is -2.21. The smallest absolute Gasteiger partial charge is 0.303 e. The lowest BCUT2D eigenvalue weighted by atomic mass is 9.88. The highest BCUT2D eigenvalue weighted by molar-refractivity contribution is 6.29. The van der Waals surface area contributed by atoms with Gasteiger partial charge in [-0.25, -0.2) is 0 Å². The summed E-state index contributed by atoms with van der Waals surface area (Å²) in [7, 11) is 0. The maximum absolute atomic E-state index is 12.2. The van der Waals surface area contributed by atoms with Crippen molar-refractivity contribution < 1.29 is 24.9 Å². The number of ketones is 1. The number of carboxylic acid groups (broad SMARTS) is 1. The average Bonchev–Trinajstić information content (AvgIpc) is 2.81. The third-order valence-corrected chi connectivity index (χ3v) is 4.96. The number of unbranched alkanes of at least 4 members (excludes halogenated alkanes) is 1. The molecular weight excluding hydrogens is 368 g/mol. The monoisotopic (exact) mass is 398 g/mol. The van der Waals surface area contributed by atoms with Gasteiger partial charge < -0.3 is 15.3 Å². The maximum Gasteiger partial charge on any atom is 0.303 e. The number of aliphatic hydroxyl groups excluding tert-OH is 1. The second-order valence-corrected chi connectivity index (χ2v) is 8.06. The highest BCUT2D eigenvalue weighted by Crippen LogP contribution is 2.34. The molecule has 0 heterocycles. The molecule has 0 radical (unpaired) electrons. The summed E-state index contributed by atoms with van der Waals surface area (Å²) in [6, 6.07) is 0. The van der Waals surface area contributed by atoms with E-state index in [2.05, 4.69) is 0 Å². The number of rotatable bonds is 11. The molecule has 2 unspecified atom stereocenters. The van der Waals surface area contributed by atoms with Crippen molar-refractivity contribution in [3.8, 4) is 0 Å². The van der Waals surface area contributed by atoms with Crippen molar-refractivity contribution in [2.45, 2.75) is 70.5 Å². The van der Waals surface area contributed by atoms with Crippen molar-refractivity contribution in [2.24, 2.45) is 11.8 Å². The molecule has 0 spiro atoms. The molecule has 0 aliphatic heterocycles. The Morgan fingerprint density at radius 3 is 2.67 bits per heavy atom. The molecule has 1 fully saturated rings. The molecular formula is C21H31ClO5. The van der Waals surface area contributed by atoms with Crippen LogP contribution in [0.2, 0.25) is 0 Å². The van der Waals surface area contributed by atoms with Crippen molar-refractivity contribution in [3.63, 3.8) is 0 Å². The Hall–Kier alpha value is -1.43. The van der Waals surface area contributed by atoms with Crippen LogP contribution < -0.4 is 0 Å². The molecule has 1 rings (SSSR count). The van der Waals surface area contributed by atoms with Gasteiger partial charge in [-0.05, 0) is 46.0 Å². The van der Waals surface area contributed by atoms with E-state index in [1.54, 1.807) is 26.0 Å². The molecule has 0 aromatic carbocycles. The number of aliphatic hydroxyl groups is 2. The van der Waals surface area contributed by atoms with Crippen molar-refractivity contribution in [1.29, 1.82) is 0 Å². The molecule has 0 aromatic rings. The third-order valence-electron chi connectivity index (χ3n) is 4.80. The highest BCUT2D eigenvalue weighted by atomic mass is 35.5. The van der Waals surface area contributed by atoms with Gasteiger partial charge in [0.15, 0.2) is 0 Å². The van der Waals surface area contributed by atoms with Gasteiger partial charge in [-0.2, -0.15) is 0 Å². The molecule has 3 N–H and O–H groups in total. The summed E-state index contributed by atoms with van der Waals surface area (Å²) in [4.78, 5) is 22.7. The molecule has 1 saturated carbocycles. The van der Waals surface area contributed by atoms with Crippen molar-refractivity contribution in [3.05, 3.63) is 35.4 Å². The number of carboxylic acids is 1. The Morgan fingerprint density at radius 1 is 1.33 bits per heavy atom. The number of carbonyl (C=O) groups is 2. The summed E-state index contributed by atoms with van der Waals surface area (Å²) < 4.78 is 0. The minimum absolute atomic E-state index is 0.0210. The van der Waals surface area contributed by atoms with E-state index in [0.717, 1.165) is 0 Å². The van der Waals surface area contributed by atoms with Gasteiger partial charge in [0.1, 0.15) is 5.78 Å².